The van der Waals surface area contributed by atoms with Crippen molar-refractivity contribution in [2.24, 2.45) is 0 Å². The van der Waals surface area contributed by atoms with E-state index in [0.29, 0.717) is 0 Å². The monoisotopic (exact) mass is 234 g/mol. The number of halogens is 3. The molecule has 0 aromatic rings. The van der Waals surface area contributed by atoms with E-state index in [9.17, 15) is 26.4 Å². The van der Waals surface area contributed by atoms with E-state index in [1.165, 1.54) is 4.72 Å². The molecule has 0 unspecified atom stereocenters. The number of carbonyl (C=O) groups is 1. The van der Waals surface area contributed by atoms with Crippen molar-refractivity contribution in [1.29, 1.82) is 0 Å². The number of hydrogen-bond acceptors (Lipinski definition) is 4. The maximum absolute atomic E-state index is 11.5. The second-order valence-corrected chi connectivity index (χ2v) is 4.26. The van der Waals surface area contributed by atoms with Crippen molar-refractivity contribution in [3.63, 3.8) is 0 Å². The molecular formula is C5H9F3N2O3S. The number of carbonyl (C=O) groups excluding carboxylic acids is 1. The zero-order valence-electron chi connectivity index (χ0n) is 7.18. The van der Waals surface area contributed by atoms with E-state index in [2.05, 4.69) is 0 Å². The fraction of sp³-hybridized carbons (Fsp3) is 0.800. The molecule has 0 aliphatic heterocycles. The number of nitrogens with one attached hydrogen (secondary N) is 2. The quantitative estimate of drug-likeness (QED) is 0.668. The molecule has 0 saturated heterocycles. The molecule has 5 nitrogen and oxygen atoms in total. The molecule has 0 spiro atoms. The van der Waals surface area contributed by atoms with Crippen LogP contribution in [0.1, 0.15) is 0 Å². The Morgan fingerprint density at radius 1 is 1.36 bits per heavy atom. The van der Waals surface area contributed by atoms with Crippen molar-refractivity contribution in [2.75, 3.05) is 19.3 Å². The summed E-state index contributed by atoms with van der Waals surface area (Å²) in [6, 6.07) is 0. The average molecular weight is 234 g/mol. The van der Waals surface area contributed by atoms with Gasteiger partial charge in [0, 0.05) is 0 Å². The lowest BCUT2D eigenvalue weighted by atomic mass is 10.5. The molecule has 9 heteroatoms. The Kier molecular flexibility index (Phi) is 4.33. The zero-order chi connectivity index (χ0) is 11.4. The highest BCUT2D eigenvalue weighted by atomic mass is 32.2. The minimum atomic E-state index is -4.43. The molecule has 0 aliphatic carbocycles. The third-order valence-corrected chi connectivity index (χ3v) is 1.51. The number of alkyl halides is 3. The summed E-state index contributed by atoms with van der Waals surface area (Å²) in [5.74, 6) is -1.03. The third-order valence-electron chi connectivity index (χ3n) is 0.910. The highest BCUT2D eigenvalue weighted by molar-refractivity contribution is 7.89. The van der Waals surface area contributed by atoms with Gasteiger partial charge in [0.25, 0.3) is 0 Å². The predicted molar refractivity (Wildman–Crippen MR) is 41.9 cm³/mol. The largest absolute Gasteiger partial charge is 0.401 e. The van der Waals surface area contributed by atoms with Gasteiger partial charge in [0.2, 0.25) is 15.9 Å². The molecule has 2 N–H and O–H groups in total. The Balaban J connectivity index is 3.77. The standard InChI is InChI=1S/C5H9F3N2O3S/c1-14(12,13)10-4(11)2-9-3-5(6,7)8/h9H,2-3H2,1H3,(H,10,11). The van der Waals surface area contributed by atoms with Crippen molar-refractivity contribution >= 4 is 15.9 Å². The van der Waals surface area contributed by atoms with Crippen LogP contribution in [0, 0.1) is 0 Å². The number of rotatable bonds is 4. The van der Waals surface area contributed by atoms with Crippen LogP contribution in [0.4, 0.5) is 13.2 Å². The van der Waals surface area contributed by atoms with Crippen LogP contribution in [0.3, 0.4) is 0 Å². The molecule has 0 atom stereocenters. The van der Waals surface area contributed by atoms with Crippen molar-refractivity contribution in [3.8, 4) is 0 Å². The maximum Gasteiger partial charge on any atom is 0.401 e. The van der Waals surface area contributed by atoms with Gasteiger partial charge in [-0.15, -0.1) is 0 Å². The van der Waals surface area contributed by atoms with E-state index in [-0.39, 0.29) is 0 Å². The summed E-state index contributed by atoms with van der Waals surface area (Å²) < 4.78 is 56.9. The molecule has 0 aliphatic rings. The van der Waals surface area contributed by atoms with Crippen LogP contribution in [-0.2, 0) is 14.8 Å². The molecule has 0 radical (unpaired) electrons. The Hall–Kier alpha value is -0.830. The van der Waals surface area contributed by atoms with Crippen molar-refractivity contribution < 1.29 is 26.4 Å². The normalized spacial score (nSPS) is 12.6. The molecule has 0 rings (SSSR count). The lowest BCUT2D eigenvalue weighted by Gasteiger charge is -2.07. The zero-order valence-corrected chi connectivity index (χ0v) is 8.00. The fourth-order valence-corrected chi connectivity index (χ4v) is 1.05. The summed E-state index contributed by atoms with van der Waals surface area (Å²) in [5.41, 5.74) is 0. The Bertz CT molecular complexity index is 298. The van der Waals surface area contributed by atoms with Crippen LogP contribution in [0.25, 0.3) is 0 Å². The first-order chi connectivity index (χ1) is 6.10. The molecule has 0 saturated carbocycles. The summed E-state index contributed by atoms with van der Waals surface area (Å²) in [7, 11) is -3.71. The van der Waals surface area contributed by atoms with E-state index < -0.39 is 35.2 Å². The van der Waals surface area contributed by atoms with E-state index in [1.807, 2.05) is 0 Å². The second-order valence-electron chi connectivity index (χ2n) is 2.52. The molecule has 0 bridgehead atoms. The number of amides is 1. The number of sulfonamides is 1. The molecule has 0 fully saturated rings. The maximum atomic E-state index is 11.5. The van der Waals surface area contributed by atoms with E-state index in [0.717, 1.165) is 6.26 Å². The first kappa shape index (κ1) is 13.2. The van der Waals surface area contributed by atoms with Crippen molar-refractivity contribution in [3.05, 3.63) is 0 Å². The lowest BCUT2D eigenvalue weighted by Crippen LogP contribution is -2.40. The van der Waals surface area contributed by atoms with Gasteiger partial charge in [-0.1, -0.05) is 0 Å². The molecule has 1 amide bonds. The van der Waals surface area contributed by atoms with Crippen molar-refractivity contribution in [1.82, 2.24) is 10.0 Å². The van der Waals surface area contributed by atoms with Gasteiger partial charge in [-0.25, -0.2) is 8.42 Å². The fourth-order valence-electron chi connectivity index (χ4n) is 0.561. The van der Waals surface area contributed by atoms with Gasteiger partial charge in [0.15, 0.2) is 0 Å². The summed E-state index contributed by atoms with van der Waals surface area (Å²) >= 11 is 0. The van der Waals surface area contributed by atoms with Gasteiger partial charge in [0.1, 0.15) is 0 Å². The lowest BCUT2D eigenvalue weighted by molar-refractivity contribution is -0.127. The topological polar surface area (TPSA) is 75.3 Å². The highest BCUT2D eigenvalue weighted by Gasteiger charge is 2.26. The van der Waals surface area contributed by atoms with Crippen LogP contribution < -0.4 is 10.0 Å². The van der Waals surface area contributed by atoms with Crippen molar-refractivity contribution in [2.45, 2.75) is 6.18 Å². The van der Waals surface area contributed by atoms with Crippen LogP contribution in [-0.4, -0.2) is 39.8 Å². The number of hydrogen-bond donors (Lipinski definition) is 2. The van der Waals surface area contributed by atoms with E-state index >= 15 is 0 Å². The average Bonchev–Trinajstić information content (AvgIpc) is 1.78. The van der Waals surface area contributed by atoms with Gasteiger partial charge in [-0.05, 0) is 0 Å². The summed E-state index contributed by atoms with van der Waals surface area (Å²) in [6.07, 6.45) is -3.69. The summed E-state index contributed by atoms with van der Waals surface area (Å²) in [6.45, 7) is -2.04. The smallest absolute Gasteiger partial charge is 0.300 e. The van der Waals surface area contributed by atoms with Gasteiger partial charge in [0.05, 0.1) is 19.3 Å². The van der Waals surface area contributed by atoms with Crippen LogP contribution in [0.15, 0.2) is 0 Å². The molecular weight excluding hydrogens is 225 g/mol. The molecule has 0 aromatic carbocycles. The highest BCUT2D eigenvalue weighted by Crippen LogP contribution is 2.11. The Labute approximate surface area is 78.7 Å². The SMILES string of the molecule is CS(=O)(=O)NC(=O)CNCC(F)(F)F. The predicted octanol–water partition coefficient (Wildman–Crippen LogP) is -0.786. The summed E-state index contributed by atoms with van der Waals surface area (Å²) in [5, 5.41) is 1.75. The third kappa shape index (κ3) is 9.26. The van der Waals surface area contributed by atoms with E-state index in [4.69, 9.17) is 0 Å². The second kappa shape index (κ2) is 4.60. The van der Waals surface area contributed by atoms with Gasteiger partial charge in [-0.3, -0.25) is 9.52 Å². The van der Waals surface area contributed by atoms with Crippen LogP contribution >= 0.6 is 0 Å². The Morgan fingerprint density at radius 2 is 1.86 bits per heavy atom. The summed E-state index contributed by atoms with van der Waals surface area (Å²) in [4.78, 5) is 10.6. The Morgan fingerprint density at radius 3 is 2.21 bits per heavy atom. The van der Waals surface area contributed by atoms with Gasteiger partial charge >= 0.3 is 6.18 Å². The molecule has 84 valence electrons. The minimum absolute atomic E-state index is 0.702. The van der Waals surface area contributed by atoms with Crippen LogP contribution in [0.2, 0.25) is 0 Å². The van der Waals surface area contributed by atoms with Gasteiger partial charge in [-0.2, -0.15) is 13.2 Å². The first-order valence-electron chi connectivity index (χ1n) is 3.38. The molecule has 14 heavy (non-hydrogen) atoms. The molecule has 0 aromatic heterocycles. The van der Waals surface area contributed by atoms with Gasteiger partial charge < -0.3 is 5.32 Å². The van der Waals surface area contributed by atoms with E-state index in [1.54, 1.807) is 5.32 Å². The van der Waals surface area contributed by atoms with Crippen LogP contribution in [0.5, 0.6) is 0 Å². The first-order valence-corrected chi connectivity index (χ1v) is 5.27. The molecule has 0 heterocycles. The minimum Gasteiger partial charge on any atom is -0.300 e.